The van der Waals surface area contributed by atoms with Gasteiger partial charge in [-0.25, -0.2) is 14.1 Å². The van der Waals surface area contributed by atoms with Crippen LogP contribution in [0.1, 0.15) is 46.7 Å². The molecule has 0 bridgehead atoms. The van der Waals surface area contributed by atoms with E-state index in [0.717, 1.165) is 60.2 Å². The highest BCUT2D eigenvalue weighted by atomic mass is 32.2. The number of nitrogens with zero attached hydrogens (tertiary/aromatic N) is 2. The maximum Gasteiger partial charge on any atom is 0.408 e. The average Bonchev–Trinajstić information content (AvgIpc) is 3.35. The molecule has 0 saturated carbocycles. The number of rotatable bonds is 4. The first-order valence-electron chi connectivity index (χ1n) is 10.8. The summed E-state index contributed by atoms with van der Waals surface area (Å²) in [6.45, 7) is 0. The molecule has 2 aliphatic rings. The number of nitrogens with two attached hydrogens (primary N) is 1. The third-order valence-corrected chi connectivity index (χ3v) is 7.67. The predicted octanol–water partition coefficient (Wildman–Crippen LogP) is 4.76. The van der Waals surface area contributed by atoms with Crippen LogP contribution in [0, 0.1) is 0 Å². The minimum atomic E-state index is -4.48. The van der Waals surface area contributed by atoms with Gasteiger partial charge < -0.3 is 5.32 Å². The van der Waals surface area contributed by atoms with Crippen LogP contribution in [-0.4, -0.2) is 35.4 Å². The zero-order valence-corrected chi connectivity index (χ0v) is 19.4. The van der Waals surface area contributed by atoms with E-state index in [-0.39, 0.29) is 10.5 Å². The van der Waals surface area contributed by atoms with E-state index >= 15 is 0 Å². The molecule has 6 nitrogen and oxygen atoms in total. The van der Waals surface area contributed by atoms with Gasteiger partial charge in [-0.1, -0.05) is 18.2 Å². The van der Waals surface area contributed by atoms with Crippen molar-refractivity contribution in [3.8, 4) is 0 Å². The van der Waals surface area contributed by atoms with E-state index < -0.39 is 28.2 Å². The number of amides is 2. The number of nitrogens with one attached hydrogen (secondary N) is 1. The number of carbonyl (C=O) groups excluding carboxylic acids is 1. The summed E-state index contributed by atoms with van der Waals surface area (Å²) >= 11 is 0. The van der Waals surface area contributed by atoms with Crippen molar-refractivity contribution in [2.45, 2.75) is 55.6 Å². The van der Waals surface area contributed by atoms with E-state index in [9.17, 15) is 22.2 Å². The molecule has 0 aromatic heterocycles. The Morgan fingerprint density at radius 2 is 1.61 bits per heavy atom. The highest BCUT2D eigenvalue weighted by Gasteiger charge is 2.42. The zero-order chi connectivity index (χ0) is 24.0. The fourth-order valence-electron chi connectivity index (χ4n) is 4.90. The average molecular weight is 481 g/mol. The molecule has 0 spiro atoms. The molecule has 0 fully saturated rings. The number of anilines is 1. The highest BCUT2D eigenvalue weighted by molar-refractivity contribution is 7.91. The molecule has 10 heteroatoms. The SMILES string of the molecule is CN(C)[C@H](c1ccc([S@](N)(=O)=NC(=O)Nc2c3c(cc4c2CCC4)CCC3)cc1)C(F)(F)F. The largest absolute Gasteiger partial charge is 0.408 e. The number of carbonyl (C=O) groups is 1. The number of urea groups is 1. The maximum atomic E-state index is 13.4. The Morgan fingerprint density at radius 3 is 2.09 bits per heavy atom. The summed E-state index contributed by atoms with van der Waals surface area (Å²) in [5.74, 6) is 0. The van der Waals surface area contributed by atoms with Crippen molar-refractivity contribution in [1.29, 1.82) is 0 Å². The molecule has 2 atom stereocenters. The van der Waals surface area contributed by atoms with Crippen molar-refractivity contribution in [2.24, 2.45) is 9.50 Å². The Labute approximate surface area is 191 Å². The molecule has 2 aromatic carbocycles. The molecule has 2 amide bonds. The quantitative estimate of drug-likeness (QED) is 0.661. The first-order chi connectivity index (χ1) is 15.5. The molecule has 178 valence electrons. The van der Waals surface area contributed by atoms with Crippen molar-refractivity contribution in [3.63, 3.8) is 0 Å². The van der Waals surface area contributed by atoms with Gasteiger partial charge in [0.25, 0.3) is 0 Å². The van der Waals surface area contributed by atoms with Gasteiger partial charge in [-0.05, 0) is 92.6 Å². The third-order valence-electron chi connectivity index (χ3n) is 6.28. The second kappa shape index (κ2) is 8.73. The Morgan fingerprint density at radius 1 is 1.06 bits per heavy atom. The minimum absolute atomic E-state index is 0.00963. The van der Waals surface area contributed by atoms with Gasteiger partial charge in [-0.15, -0.1) is 4.36 Å². The normalized spacial score (nSPS) is 17.9. The molecule has 0 saturated heterocycles. The van der Waals surface area contributed by atoms with Crippen LogP contribution in [0.2, 0.25) is 0 Å². The molecule has 4 rings (SSSR count). The van der Waals surface area contributed by atoms with Gasteiger partial charge in [0.05, 0.1) is 4.90 Å². The number of alkyl halides is 3. The van der Waals surface area contributed by atoms with Gasteiger partial charge in [0.15, 0.2) is 0 Å². The van der Waals surface area contributed by atoms with Crippen molar-refractivity contribution in [3.05, 3.63) is 58.1 Å². The molecule has 2 aromatic rings. The number of aryl methyl sites for hydroxylation is 2. The Kier molecular flexibility index (Phi) is 6.28. The number of hydrogen-bond acceptors (Lipinski definition) is 3. The van der Waals surface area contributed by atoms with Crippen LogP contribution in [0.3, 0.4) is 0 Å². The number of benzene rings is 2. The topological polar surface area (TPSA) is 87.8 Å². The second-order valence-electron chi connectivity index (χ2n) is 8.80. The molecule has 0 radical (unpaired) electrons. The number of hydrogen-bond donors (Lipinski definition) is 2. The molecule has 33 heavy (non-hydrogen) atoms. The van der Waals surface area contributed by atoms with Gasteiger partial charge in [-0.3, -0.25) is 4.90 Å². The van der Waals surface area contributed by atoms with Crippen molar-refractivity contribution >= 4 is 21.6 Å². The van der Waals surface area contributed by atoms with Gasteiger partial charge in [0, 0.05) is 5.69 Å². The van der Waals surface area contributed by atoms with Crippen LogP contribution >= 0.6 is 0 Å². The van der Waals surface area contributed by atoms with Crippen LogP contribution in [0.15, 0.2) is 39.6 Å². The van der Waals surface area contributed by atoms with Gasteiger partial charge in [0.2, 0.25) is 0 Å². The van der Waals surface area contributed by atoms with Crippen molar-refractivity contribution in [2.75, 3.05) is 19.4 Å². The fraction of sp³-hybridized carbons (Fsp3) is 0.435. The van der Waals surface area contributed by atoms with E-state index in [4.69, 9.17) is 5.14 Å². The Balaban J connectivity index is 1.60. The monoisotopic (exact) mass is 480 g/mol. The molecule has 0 heterocycles. The van der Waals surface area contributed by atoms with Crippen LogP contribution in [0.25, 0.3) is 0 Å². The van der Waals surface area contributed by atoms with Gasteiger partial charge in [-0.2, -0.15) is 13.2 Å². The standard InChI is InChI=1S/C23H27F3N4O2S/c1-30(2)21(23(24,25)26)14-9-11-17(12-10-14)33(27,32)29-22(31)28-20-18-7-3-5-15(18)13-16-6-4-8-19(16)20/h9-13,21H,3-8H2,1-2H3,(H3,27,28,29,31,32)/t21-,33-/m1/s1. The van der Waals surface area contributed by atoms with E-state index in [2.05, 4.69) is 15.7 Å². The number of halogens is 3. The Hall–Kier alpha value is -2.43. The van der Waals surface area contributed by atoms with Crippen molar-refractivity contribution in [1.82, 2.24) is 4.90 Å². The predicted molar refractivity (Wildman–Crippen MR) is 121 cm³/mol. The van der Waals surface area contributed by atoms with Gasteiger partial charge >= 0.3 is 12.2 Å². The molecular weight excluding hydrogens is 453 g/mol. The van der Waals surface area contributed by atoms with E-state index in [1.807, 2.05) is 0 Å². The van der Waals surface area contributed by atoms with Gasteiger partial charge in [0.1, 0.15) is 16.0 Å². The summed E-state index contributed by atoms with van der Waals surface area (Å²) in [4.78, 5) is 13.7. The lowest BCUT2D eigenvalue weighted by Gasteiger charge is -2.27. The number of fused-ring (bicyclic) bond motifs is 2. The van der Waals surface area contributed by atoms with Crippen LogP contribution in [0.5, 0.6) is 0 Å². The summed E-state index contributed by atoms with van der Waals surface area (Å²) in [6, 6.07) is 4.48. The molecular formula is C23H27F3N4O2S. The third kappa shape index (κ3) is 4.78. The summed E-state index contributed by atoms with van der Waals surface area (Å²) in [5.41, 5.74) is 5.41. The maximum absolute atomic E-state index is 13.4. The van der Waals surface area contributed by atoms with E-state index in [0.29, 0.717) is 0 Å². The molecule has 2 aliphatic carbocycles. The van der Waals surface area contributed by atoms with Crippen LogP contribution < -0.4 is 10.5 Å². The highest BCUT2D eigenvalue weighted by Crippen LogP contribution is 2.39. The smallest absolute Gasteiger partial charge is 0.305 e. The summed E-state index contributed by atoms with van der Waals surface area (Å²) in [5, 5.41) is 8.67. The summed E-state index contributed by atoms with van der Waals surface area (Å²) < 4.78 is 56.8. The lowest BCUT2D eigenvalue weighted by Crippen LogP contribution is -2.33. The lowest BCUT2D eigenvalue weighted by atomic mass is 9.99. The lowest BCUT2D eigenvalue weighted by molar-refractivity contribution is -0.179. The first kappa shape index (κ1) is 23.7. The van der Waals surface area contributed by atoms with E-state index in [1.54, 1.807) is 0 Å². The summed E-state index contributed by atoms with van der Waals surface area (Å²) in [7, 11) is -0.981. The van der Waals surface area contributed by atoms with Crippen LogP contribution in [-0.2, 0) is 35.6 Å². The van der Waals surface area contributed by atoms with Crippen molar-refractivity contribution < 1.29 is 22.2 Å². The zero-order valence-electron chi connectivity index (χ0n) is 18.5. The molecule has 0 unspecified atom stereocenters. The fourth-order valence-corrected chi connectivity index (χ4v) is 5.82. The first-order valence-corrected chi connectivity index (χ1v) is 12.4. The Bertz CT molecular complexity index is 1170. The minimum Gasteiger partial charge on any atom is -0.305 e. The molecule has 0 aliphatic heterocycles. The summed E-state index contributed by atoms with van der Waals surface area (Å²) in [6.07, 6.45) is 1.22. The van der Waals surface area contributed by atoms with E-state index in [1.165, 1.54) is 49.5 Å². The molecule has 3 N–H and O–H groups in total. The van der Waals surface area contributed by atoms with Crippen LogP contribution in [0.4, 0.5) is 23.7 Å². The second-order valence-corrected chi connectivity index (χ2v) is 10.6.